The van der Waals surface area contributed by atoms with Crippen LogP contribution in [0.4, 0.5) is 0 Å². The van der Waals surface area contributed by atoms with E-state index < -0.39 is 0 Å². The summed E-state index contributed by atoms with van der Waals surface area (Å²) in [7, 11) is 0. The third-order valence-corrected chi connectivity index (χ3v) is 3.72. The second-order valence-corrected chi connectivity index (χ2v) is 5.19. The maximum absolute atomic E-state index is 6.05. The zero-order chi connectivity index (χ0) is 14.8. The molecule has 0 bridgehead atoms. The van der Waals surface area contributed by atoms with E-state index in [4.69, 9.17) is 4.74 Å². The highest BCUT2D eigenvalue weighted by atomic mass is 16.5. The van der Waals surface area contributed by atoms with Gasteiger partial charge in [0.05, 0.1) is 0 Å². The minimum atomic E-state index is 0.843. The summed E-state index contributed by atoms with van der Waals surface area (Å²) < 4.78 is 6.05. The van der Waals surface area contributed by atoms with Gasteiger partial charge in [0.1, 0.15) is 11.5 Å². The first-order chi connectivity index (χ1) is 10.9. The Hall–Kier alpha value is -3.00. The Morgan fingerprint density at radius 1 is 0.727 bits per heavy atom. The first kappa shape index (κ1) is 12.7. The molecule has 0 aliphatic rings. The van der Waals surface area contributed by atoms with Crippen LogP contribution in [0.15, 0.2) is 85.1 Å². The molecule has 0 unspecified atom stereocenters. The van der Waals surface area contributed by atoms with Gasteiger partial charge in [0.25, 0.3) is 0 Å². The molecule has 2 nitrogen and oxygen atoms in total. The maximum atomic E-state index is 6.05. The van der Waals surface area contributed by atoms with Crippen molar-refractivity contribution >= 4 is 10.9 Å². The van der Waals surface area contributed by atoms with Crippen molar-refractivity contribution in [1.29, 1.82) is 0 Å². The van der Waals surface area contributed by atoms with Gasteiger partial charge in [-0.15, -0.1) is 0 Å². The summed E-state index contributed by atoms with van der Waals surface area (Å²) in [5.41, 5.74) is 3.36. The average molecular weight is 285 g/mol. The van der Waals surface area contributed by atoms with Crippen molar-refractivity contribution in [2.75, 3.05) is 0 Å². The van der Waals surface area contributed by atoms with Crippen molar-refractivity contribution < 1.29 is 4.74 Å². The van der Waals surface area contributed by atoms with Crippen LogP contribution in [-0.2, 0) is 0 Å². The lowest BCUT2D eigenvalue weighted by Crippen LogP contribution is -1.88. The number of aromatic amines is 1. The van der Waals surface area contributed by atoms with E-state index in [2.05, 4.69) is 35.3 Å². The van der Waals surface area contributed by atoms with Gasteiger partial charge in [-0.05, 0) is 41.3 Å². The van der Waals surface area contributed by atoms with Crippen LogP contribution < -0.4 is 4.74 Å². The fourth-order valence-electron chi connectivity index (χ4n) is 2.63. The molecular weight excluding hydrogens is 270 g/mol. The Kier molecular flexibility index (Phi) is 3.13. The fourth-order valence-corrected chi connectivity index (χ4v) is 2.63. The Morgan fingerprint density at radius 3 is 2.45 bits per heavy atom. The summed E-state index contributed by atoms with van der Waals surface area (Å²) in [5.74, 6) is 1.70. The van der Waals surface area contributed by atoms with Gasteiger partial charge in [-0.1, -0.05) is 48.5 Å². The SMILES string of the molecule is c1ccc(Oc2ccccc2-c2ccc3cc[nH]c3c2)cc1. The van der Waals surface area contributed by atoms with Crippen LogP contribution in [0.5, 0.6) is 11.5 Å². The van der Waals surface area contributed by atoms with E-state index >= 15 is 0 Å². The van der Waals surface area contributed by atoms with Crippen LogP contribution in [0, 0.1) is 0 Å². The number of hydrogen-bond acceptors (Lipinski definition) is 1. The maximum Gasteiger partial charge on any atom is 0.135 e. The Bertz CT molecular complexity index is 909. The lowest BCUT2D eigenvalue weighted by molar-refractivity contribution is 0.484. The predicted octanol–water partition coefficient (Wildman–Crippen LogP) is 5.63. The van der Waals surface area contributed by atoms with Crippen molar-refractivity contribution in [2.24, 2.45) is 0 Å². The van der Waals surface area contributed by atoms with Gasteiger partial charge in [-0.2, -0.15) is 0 Å². The van der Waals surface area contributed by atoms with Crippen molar-refractivity contribution in [3.8, 4) is 22.6 Å². The van der Waals surface area contributed by atoms with Crippen LogP contribution in [-0.4, -0.2) is 4.98 Å². The molecule has 22 heavy (non-hydrogen) atoms. The quantitative estimate of drug-likeness (QED) is 0.518. The van der Waals surface area contributed by atoms with Gasteiger partial charge in [-0.3, -0.25) is 0 Å². The van der Waals surface area contributed by atoms with E-state index in [1.54, 1.807) is 0 Å². The summed E-state index contributed by atoms with van der Waals surface area (Å²) in [6.07, 6.45) is 1.96. The molecule has 4 rings (SSSR count). The van der Waals surface area contributed by atoms with Gasteiger partial charge in [0.2, 0.25) is 0 Å². The molecule has 0 aliphatic heterocycles. The minimum absolute atomic E-state index is 0.843. The van der Waals surface area contributed by atoms with Crippen molar-refractivity contribution in [1.82, 2.24) is 4.98 Å². The second kappa shape index (κ2) is 5.41. The summed E-state index contributed by atoms with van der Waals surface area (Å²) in [5, 5.41) is 1.21. The normalized spacial score (nSPS) is 10.7. The summed E-state index contributed by atoms with van der Waals surface area (Å²) >= 11 is 0. The molecule has 0 fully saturated rings. The zero-order valence-corrected chi connectivity index (χ0v) is 12.0. The second-order valence-electron chi connectivity index (χ2n) is 5.19. The first-order valence-corrected chi connectivity index (χ1v) is 7.29. The molecule has 4 aromatic rings. The van der Waals surface area contributed by atoms with Crippen molar-refractivity contribution in [3.63, 3.8) is 0 Å². The van der Waals surface area contributed by atoms with Gasteiger partial charge in [0.15, 0.2) is 0 Å². The molecule has 0 radical (unpaired) electrons. The number of aromatic nitrogens is 1. The number of H-pyrrole nitrogens is 1. The number of ether oxygens (including phenoxy) is 1. The minimum Gasteiger partial charge on any atom is -0.457 e. The number of para-hydroxylation sites is 2. The van der Waals surface area contributed by atoms with Crippen LogP contribution in [0.2, 0.25) is 0 Å². The van der Waals surface area contributed by atoms with Crippen LogP contribution in [0.3, 0.4) is 0 Å². The summed E-state index contributed by atoms with van der Waals surface area (Å²) in [4.78, 5) is 3.26. The number of fused-ring (bicyclic) bond motifs is 1. The fraction of sp³-hybridized carbons (Fsp3) is 0. The van der Waals surface area contributed by atoms with Crippen molar-refractivity contribution in [3.05, 3.63) is 85.1 Å². The molecule has 1 heterocycles. The van der Waals surface area contributed by atoms with Crippen molar-refractivity contribution in [2.45, 2.75) is 0 Å². The summed E-state index contributed by atoms with van der Waals surface area (Å²) in [6, 6.07) is 26.5. The topological polar surface area (TPSA) is 25.0 Å². The Balaban J connectivity index is 1.78. The van der Waals surface area contributed by atoms with Gasteiger partial charge in [0, 0.05) is 17.3 Å². The Labute approximate surface area is 129 Å². The largest absolute Gasteiger partial charge is 0.457 e. The van der Waals surface area contributed by atoms with Crippen LogP contribution in [0.1, 0.15) is 0 Å². The lowest BCUT2D eigenvalue weighted by Gasteiger charge is -2.11. The highest BCUT2D eigenvalue weighted by Crippen LogP contribution is 2.34. The molecular formula is C20H15NO. The average Bonchev–Trinajstić information content (AvgIpc) is 3.04. The number of nitrogens with one attached hydrogen (secondary N) is 1. The van der Waals surface area contributed by atoms with Crippen LogP contribution >= 0.6 is 0 Å². The van der Waals surface area contributed by atoms with Gasteiger partial charge >= 0.3 is 0 Å². The van der Waals surface area contributed by atoms with E-state index in [1.807, 2.05) is 54.7 Å². The molecule has 1 N–H and O–H groups in total. The number of rotatable bonds is 3. The molecule has 0 saturated carbocycles. The molecule has 1 aromatic heterocycles. The highest BCUT2D eigenvalue weighted by Gasteiger charge is 2.07. The van der Waals surface area contributed by atoms with Crippen LogP contribution in [0.25, 0.3) is 22.0 Å². The molecule has 0 atom stereocenters. The molecule has 0 aliphatic carbocycles. The number of hydrogen-bond donors (Lipinski definition) is 1. The lowest BCUT2D eigenvalue weighted by atomic mass is 10.0. The van der Waals surface area contributed by atoms with E-state index in [1.165, 1.54) is 5.39 Å². The molecule has 2 heteroatoms. The zero-order valence-electron chi connectivity index (χ0n) is 12.0. The summed E-state index contributed by atoms with van der Waals surface area (Å²) in [6.45, 7) is 0. The molecule has 3 aromatic carbocycles. The predicted molar refractivity (Wildman–Crippen MR) is 90.3 cm³/mol. The molecule has 106 valence electrons. The Morgan fingerprint density at radius 2 is 1.55 bits per heavy atom. The highest BCUT2D eigenvalue weighted by molar-refractivity contribution is 5.86. The van der Waals surface area contributed by atoms with E-state index in [0.717, 1.165) is 28.1 Å². The smallest absolute Gasteiger partial charge is 0.135 e. The monoisotopic (exact) mass is 285 g/mol. The molecule has 0 saturated heterocycles. The molecule has 0 amide bonds. The standard InChI is InChI=1S/C20H15NO/c1-2-6-17(7-3-1)22-20-9-5-4-8-18(20)16-11-10-15-12-13-21-19(15)14-16/h1-14,21H. The van der Waals surface area contributed by atoms with E-state index in [-0.39, 0.29) is 0 Å². The number of benzene rings is 3. The third kappa shape index (κ3) is 2.35. The third-order valence-electron chi connectivity index (χ3n) is 3.72. The first-order valence-electron chi connectivity index (χ1n) is 7.29. The van der Waals surface area contributed by atoms with E-state index in [9.17, 15) is 0 Å². The van der Waals surface area contributed by atoms with Gasteiger partial charge < -0.3 is 9.72 Å². The van der Waals surface area contributed by atoms with E-state index in [0.29, 0.717) is 0 Å². The van der Waals surface area contributed by atoms with Gasteiger partial charge in [-0.25, -0.2) is 0 Å². The molecule has 0 spiro atoms.